The average molecular weight is 486 g/mol. The molecule has 1 atom stereocenters. The maximum Gasteiger partial charge on any atom is 0.247 e. The molecule has 1 aromatic carbocycles. The van der Waals surface area contributed by atoms with Gasteiger partial charge in [-0.15, -0.1) is 5.10 Å². The molecule has 1 saturated heterocycles. The number of nitrogens with one attached hydrogen (secondary N) is 2. The van der Waals surface area contributed by atoms with Crippen LogP contribution in [0, 0.1) is 22.7 Å². The summed E-state index contributed by atoms with van der Waals surface area (Å²) in [4.78, 5) is 11.0. The Morgan fingerprint density at radius 2 is 2.00 bits per heavy atom. The lowest BCUT2D eigenvalue weighted by Gasteiger charge is -2.32. The summed E-state index contributed by atoms with van der Waals surface area (Å²) in [7, 11) is 0. The van der Waals surface area contributed by atoms with Gasteiger partial charge in [0.2, 0.25) is 5.95 Å². The van der Waals surface area contributed by atoms with Crippen molar-refractivity contribution in [2.45, 2.75) is 38.8 Å². The van der Waals surface area contributed by atoms with Crippen molar-refractivity contribution < 1.29 is 5.11 Å². The third kappa shape index (κ3) is 4.40. The number of nitriles is 2. The molecular formula is C24H27N11O. The Morgan fingerprint density at radius 3 is 2.69 bits per heavy atom. The summed E-state index contributed by atoms with van der Waals surface area (Å²) in [6.45, 7) is 6.82. The van der Waals surface area contributed by atoms with Gasteiger partial charge in [-0.25, -0.2) is 4.98 Å². The molecule has 12 heteroatoms. The molecule has 0 unspecified atom stereocenters. The van der Waals surface area contributed by atoms with E-state index in [1.165, 1.54) is 10.7 Å². The fourth-order valence-corrected chi connectivity index (χ4v) is 4.73. The summed E-state index contributed by atoms with van der Waals surface area (Å²) in [6.07, 6.45) is 2.92. The first-order valence-corrected chi connectivity index (χ1v) is 12.0. The maximum atomic E-state index is 9.76. The Labute approximate surface area is 207 Å². The number of benzene rings is 1. The minimum atomic E-state index is -0.345. The topological polar surface area (TPSA) is 156 Å². The van der Waals surface area contributed by atoms with E-state index >= 15 is 0 Å². The van der Waals surface area contributed by atoms with Crippen molar-refractivity contribution in [3.05, 3.63) is 35.8 Å². The van der Waals surface area contributed by atoms with E-state index in [0.717, 1.165) is 36.8 Å². The van der Waals surface area contributed by atoms with Crippen LogP contribution in [-0.4, -0.2) is 71.7 Å². The van der Waals surface area contributed by atoms with Crippen LogP contribution in [0.25, 0.3) is 16.6 Å². The van der Waals surface area contributed by atoms with Gasteiger partial charge < -0.3 is 20.6 Å². The molecule has 1 aliphatic rings. The van der Waals surface area contributed by atoms with Crippen LogP contribution in [0.3, 0.4) is 0 Å². The van der Waals surface area contributed by atoms with Gasteiger partial charge in [0.05, 0.1) is 23.9 Å². The van der Waals surface area contributed by atoms with Gasteiger partial charge in [0.15, 0.2) is 22.9 Å². The molecule has 12 nitrogen and oxygen atoms in total. The summed E-state index contributed by atoms with van der Waals surface area (Å²) in [5.74, 6) is 0.814. The zero-order valence-corrected chi connectivity index (χ0v) is 20.2. The van der Waals surface area contributed by atoms with Crippen LogP contribution >= 0.6 is 0 Å². The summed E-state index contributed by atoms with van der Waals surface area (Å²) in [5.41, 5.74) is 2.74. The molecule has 1 fully saturated rings. The van der Waals surface area contributed by atoms with Crippen molar-refractivity contribution in [1.29, 1.82) is 10.5 Å². The number of piperidine rings is 1. The van der Waals surface area contributed by atoms with E-state index in [-0.39, 0.29) is 12.1 Å². The third-order valence-electron chi connectivity index (χ3n) is 6.31. The second-order valence-electron chi connectivity index (χ2n) is 8.95. The van der Waals surface area contributed by atoms with Crippen LogP contribution in [0.1, 0.15) is 44.1 Å². The second kappa shape index (κ2) is 9.77. The van der Waals surface area contributed by atoms with E-state index < -0.39 is 0 Å². The largest absolute Gasteiger partial charge is 0.392 e. The van der Waals surface area contributed by atoms with E-state index in [1.807, 2.05) is 29.8 Å². The molecule has 3 aromatic heterocycles. The Balaban J connectivity index is 1.44. The van der Waals surface area contributed by atoms with Crippen molar-refractivity contribution >= 4 is 34.0 Å². The molecule has 3 N–H and O–H groups in total. The first-order valence-electron chi connectivity index (χ1n) is 12.0. The number of aromatic nitrogens is 6. The van der Waals surface area contributed by atoms with Crippen molar-refractivity contribution in [1.82, 2.24) is 34.3 Å². The summed E-state index contributed by atoms with van der Waals surface area (Å²) < 4.78 is 3.42. The molecule has 36 heavy (non-hydrogen) atoms. The summed E-state index contributed by atoms with van der Waals surface area (Å²) in [6, 6.07) is 10.2. The maximum absolute atomic E-state index is 9.76. The van der Waals surface area contributed by atoms with Gasteiger partial charge in [0.1, 0.15) is 12.1 Å². The number of fused-ring (bicyclic) bond motifs is 2. The minimum Gasteiger partial charge on any atom is -0.392 e. The Morgan fingerprint density at radius 1 is 1.19 bits per heavy atom. The zero-order chi connectivity index (χ0) is 25.2. The molecular weight excluding hydrogens is 458 g/mol. The van der Waals surface area contributed by atoms with E-state index in [4.69, 9.17) is 0 Å². The number of aliphatic hydroxyl groups excluding tert-OH is 1. The van der Waals surface area contributed by atoms with Crippen molar-refractivity contribution in [2.75, 3.05) is 36.8 Å². The van der Waals surface area contributed by atoms with Crippen LogP contribution in [0.15, 0.2) is 24.4 Å². The molecule has 0 bridgehead atoms. The predicted molar refractivity (Wildman–Crippen MR) is 134 cm³/mol. The molecule has 4 aromatic rings. The number of hydrogen-bond acceptors (Lipinski definition) is 10. The average Bonchev–Trinajstić information content (AvgIpc) is 3.45. The Hall–Kier alpha value is -4.26. The number of anilines is 3. The molecule has 4 heterocycles. The number of rotatable bonds is 7. The van der Waals surface area contributed by atoms with Crippen LogP contribution in [0.4, 0.5) is 17.5 Å². The SMILES string of the molecule is CCNc1nc(Nc2ccc3c(c2)c(C#N)nn3C2CCN(C[C@H](C)O)CC2)nn2c(C#N)cnc12. The molecule has 0 spiro atoms. The Kier molecular flexibility index (Phi) is 6.38. The monoisotopic (exact) mass is 485 g/mol. The van der Waals surface area contributed by atoms with E-state index in [9.17, 15) is 15.6 Å². The zero-order valence-electron chi connectivity index (χ0n) is 20.2. The number of β-amino-alcohol motifs (C(OH)–C–C–N with tert-alkyl or cyclic N) is 1. The van der Waals surface area contributed by atoms with Crippen molar-refractivity contribution in [2.24, 2.45) is 0 Å². The highest BCUT2D eigenvalue weighted by Gasteiger charge is 2.24. The van der Waals surface area contributed by atoms with Crippen LogP contribution < -0.4 is 10.6 Å². The van der Waals surface area contributed by atoms with Crippen molar-refractivity contribution in [3.63, 3.8) is 0 Å². The third-order valence-corrected chi connectivity index (χ3v) is 6.31. The van der Waals surface area contributed by atoms with Gasteiger partial charge in [0, 0.05) is 37.3 Å². The predicted octanol–water partition coefficient (Wildman–Crippen LogP) is 2.41. The molecule has 1 aliphatic heterocycles. The molecule has 0 saturated carbocycles. The lowest BCUT2D eigenvalue weighted by Crippen LogP contribution is -2.38. The number of aliphatic hydroxyl groups is 1. The van der Waals surface area contributed by atoms with Crippen LogP contribution in [0.5, 0.6) is 0 Å². The van der Waals surface area contributed by atoms with Crippen LogP contribution in [-0.2, 0) is 0 Å². The number of imidazole rings is 1. The Bertz CT molecular complexity index is 1480. The van der Waals surface area contributed by atoms with Crippen LogP contribution in [0.2, 0.25) is 0 Å². The fourth-order valence-electron chi connectivity index (χ4n) is 4.73. The number of likely N-dealkylation sites (tertiary alicyclic amines) is 1. The lowest BCUT2D eigenvalue weighted by molar-refractivity contribution is 0.100. The standard InChI is InChI=1S/C24H27N11O/c1-3-27-22-23-28-13-18(11-25)35(23)32-24(30-22)29-16-4-5-21-19(10-16)20(12-26)31-34(21)17-6-8-33(9-7-17)14-15(2)36/h4-5,10,13,15,17,36H,3,6-9,14H2,1-2H3,(H2,27,29,30,32)/t15-/m0/s1. The second-order valence-corrected chi connectivity index (χ2v) is 8.95. The number of hydrogen-bond donors (Lipinski definition) is 3. The van der Waals surface area contributed by atoms with Gasteiger partial charge >= 0.3 is 0 Å². The summed E-state index contributed by atoms with van der Waals surface area (Å²) in [5, 5.41) is 45.0. The number of nitrogens with zero attached hydrogens (tertiary/aromatic N) is 9. The van der Waals surface area contributed by atoms with Gasteiger partial charge in [0.25, 0.3) is 0 Å². The molecule has 5 rings (SSSR count). The van der Waals surface area contributed by atoms with Gasteiger partial charge in [-0.2, -0.15) is 25.1 Å². The van der Waals surface area contributed by atoms with Gasteiger partial charge in [-0.05, 0) is 44.9 Å². The fraction of sp³-hybridized carbons (Fsp3) is 0.417. The van der Waals surface area contributed by atoms with E-state index in [0.29, 0.717) is 47.6 Å². The highest BCUT2D eigenvalue weighted by Crippen LogP contribution is 2.30. The van der Waals surface area contributed by atoms with Gasteiger partial charge in [-0.3, -0.25) is 4.68 Å². The molecule has 0 amide bonds. The highest BCUT2D eigenvalue weighted by molar-refractivity contribution is 5.88. The van der Waals surface area contributed by atoms with Crippen molar-refractivity contribution in [3.8, 4) is 12.1 Å². The van der Waals surface area contributed by atoms with Gasteiger partial charge in [-0.1, -0.05) is 0 Å². The highest BCUT2D eigenvalue weighted by atomic mass is 16.3. The lowest BCUT2D eigenvalue weighted by atomic mass is 10.0. The molecule has 184 valence electrons. The quantitative estimate of drug-likeness (QED) is 0.355. The minimum absolute atomic E-state index is 0.192. The van der Waals surface area contributed by atoms with E-state index in [2.05, 4.69) is 47.8 Å². The first-order chi connectivity index (χ1) is 17.5. The smallest absolute Gasteiger partial charge is 0.247 e. The first kappa shape index (κ1) is 23.5. The normalized spacial score (nSPS) is 15.6. The summed E-state index contributed by atoms with van der Waals surface area (Å²) >= 11 is 0. The van der Waals surface area contributed by atoms with E-state index in [1.54, 1.807) is 6.92 Å². The molecule has 0 aliphatic carbocycles. The molecule has 0 radical (unpaired) electrons.